The van der Waals surface area contributed by atoms with Crippen molar-refractivity contribution in [3.63, 3.8) is 0 Å². The third-order valence-electron chi connectivity index (χ3n) is 2.93. The van der Waals surface area contributed by atoms with Crippen LogP contribution in [0.15, 0.2) is 30.3 Å². The molecule has 0 bridgehead atoms. The van der Waals surface area contributed by atoms with E-state index in [0.717, 1.165) is 5.92 Å². The predicted molar refractivity (Wildman–Crippen MR) is 55.6 cm³/mol. The van der Waals surface area contributed by atoms with Gasteiger partial charge in [0.1, 0.15) is 0 Å². The van der Waals surface area contributed by atoms with Crippen LogP contribution in [0.25, 0.3) is 0 Å². The number of hydrogen-bond donors (Lipinski definition) is 1. The van der Waals surface area contributed by atoms with Gasteiger partial charge in [-0.25, -0.2) is 0 Å². The summed E-state index contributed by atoms with van der Waals surface area (Å²) in [5.41, 5.74) is 1.44. The van der Waals surface area contributed by atoms with Gasteiger partial charge in [-0.15, -0.1) is 0 Å². The molecule has 0 aliphatic carbocycles. The van der Waals surface area contributed by atoms with E-state index in [1.165, 1.54) is 24.9 Å². The van der Waals surface area contributed by atoms with Gasteiger partial charge in [0.05, 0.1) is 0 Å². The van der Waals surface area contributed by atoms with Gasteiger partial charge in [0, 0.05) is 6.04 Å². The molecule has 1 heteroatoms. The molecule has 1 heterocycles. The van der Waals surface area contributed by atoms with Gasteiger partial charge in [-0.3, -0.25) is 0 Å². The molecule has 0 radical (unpaired) electrons. The van der Waals surface area contributed by atoms with Crippen molar-refractivity contribution in [3.8, 4) is 0 Å². The minimum atomic E-state index is 0.579. The number of benzene rings is 1. The first-order chi connectivity index (χ1) is 6.38. The molecule has 1 aliphatic rings. The highest BCUT2D eigenvalue weighted by Crippen LogP contribution is 2.28. The molecule has 2 rings (SSSR count). The Morgan fingerprint density at radius 1 is 1.23 bits per heavy atom. The highest BCUT2D eigenvalue weighted by atomic mass is 14.9. The highest BCUT2D eigenvalue weighted by molar-refractivity contribution is 5.19. The van der Waals surface area contributed by atoms with E-state index in [1.54, 1.807) is 0 Å². The van der Waals surface area contributed by atoms with Gasteiger partial charge in [-0.2, -0.15) is 0 Å². The monoisotopic (exact) mass is 175 g/mol. The fourth-order valence-electron chi connectivity index (χ4n) is 2.16. The van der Waals surface area contributed by atoms with Crippen molar-refractivity contribution in [2.75, 3.05) is 6.54 Å². The Morgan fingerprint density at radius 3 is 2.69 bits per heavy atom. The van der Waals surface area contributed by atoms with Gasteiger partial charge in [0.25, 0.3) is 0 Å². The maximum Gasteiger partial charge on any atom is 0.0346 e. The van der Waals surface area contributed by atoms with Gasteiger partial charge in [0.15, 0.2) is 0 Å². The number of hydrogen-bond acceptors (Lipinski definition) is 1. The van der Waals surface area contributed by atoms with Gasteiger partial charge in [-0.1, -0.05) is 37.3 Å². The molecule has 0 saturated carbocycles. The zero-order valence-electron chi connectivity index (χ0n) is 8.16. The molecule has 70 valence electrons. The summed E-state index contributed by atoms with van der Waals surface area (Å²) < 4.78 is 0. The largest absolute Gasteiger partial charge is 0.310 e. The van der Waals surface area contributed by atoms with E-state index in [9.17, 15) is 0 Å². The molecule has 0 amide bonds. The van der Waals surface area contributed by atoms with Crippen molar-refractivity contribution < 1.29 is 0 Å². The molecule has 1 nitrogen and oxygen atoms in total. The molecule has 1 aromatic carbocycles. The van der Waals surface area contributed by atoms with E-state index in [4.69, 9.17) is 0 Å². The lowest BCUT2D eigenvalue weighted by molar-refractivity contribution is 0.306. The number of nitrogens with one attached hydrogen (secondary N) is 1. The van der Waals surface area contributed by atoms with E-state index < -0.39 is 0 Å². The maximum atomic E-state index is 3.59. The first-order valence-corrected chi connectivity index (χ1v) is 5.16. The van der Waals surface area contributed by atoms with Crippen LogP contribution in [-0.4, -0.2) is 6.54 Å². The van der Waals surface area contributed by atoms with Crippen molar-refractivity contribution in [1.82, 2.24) is 5.32 Å². The van der Waals surface area contributed by atoms with E-state index in [1.807, 2.05) is 0 Å². The Morgan fingerprint density at radius 2 is 2.00 bits per heavy atom. The molecule has 13 heavy (non-hydrogen) atoms. The van der Waals surface area contributed by atoms with E-state index in [-0.39, 0.29) is 0 Å². The molecule has 1 aliphatic heterocycles. The highest BCUT2D eigenvalue weighted by Gasteiger charge is 2.21. The summed E-state index contributed by atoms with van der Waals surface area (Å²) in [5.74, 6) is 0.774. The Bertz CT molecular complexity index is 255. The molecule has 0 aromatic heterocycles. The molecule has 2 atom stereocenters. The summed E-state index contributed by atoms with van der Waals surface area (Å²) in [7, 11) is 0. The normalized spacial score (nSPS) is 28.7. The average molecular weight is 175 g/mol. The van der Waals surface area contributed by atoms with Crippen molar-refractivity contribution in [2.24, 2.45) is 5.92 Å². The summed E-state index contributed by atoms with van der Waals surface area (Å²) in [6, 6.07) is 11.3. The van der Waals surface area contributed by atoms with Crippen LogP contribution in [0.1, 0.15) is 31.4 Å². The van der Waals surface area contributed by atoms with Crippen molar-refractivity contribution in [1.29, 1.82) is 0 Å². The summed E-state index contributed by atoms with van der Waals surface area (Å²) in [6.45, 7) is 3.51. The zero-order valence-corrected chi connectivity index (χ0v) is 8.16. The second-order valence-electron chi connectivity index (χ2n) is 3.96. The predicted octanol–water partition coefficient (Wildman–Crippen LogP) is 2.75. The molecular weight excluding hydrogens is 158 g/mol. The molecule has 1 fully saturated rings. The van der Waals surface area contributed by atoms with Crippen LogP contribution in [-0.2, 0) is 0 Å². The van der Waals surface area contributed by atoms with E-state index in [0.29, 0.717) is 6.04 Å². The standard InChI is InChI=1S/C12H17N/c1-10-6-5-9-13-12(10)11-7-3-2-4-8-11/h2-4,7-8,10,12-13H,5-6,9H2,1H3/t10-,12+/m1/s1. The number of piperidine rings is 1. The van der Waals surface area contributed by atoms with E-state index in [2.05, 4.69) is 42.6 Å². The Labute approximate surface area is 80.2 Å². The minimum absolute atomic E-state index is 0.579. The van der Waals surface area contributed by atoms with E-state index >= 15 is 0 Å². The smallest absolute Gasteiger partial charge is 0.0346 e. The molecule has 1 aromatic rings. The average Bonchev–Trinajstić information content (AvgIpc) is 2.20. The van der Waals surface area contributed by atoms with Gasteiger partial charge >= 0.3 is 0 Å². The Kier molecular flexibility index (Phi) is 2.65. The summed E-state index contributed by atoms with van der Waals surface area (Å²) in [6.07, 6.45) is 2.68. The van der Waals surface area contributed by atoms with Crippen molar-refractivity contribution >= 4 is 0 Å². The zero-order chi connectivity index (χ0) is 9.10. The summed E-state index contributed by atoms with van der Waals surface area (Å²) in [4.78, 5) is 0. The fraction of sp³-hybridized carbons (Fsp3) is 0.500. The lowest BCUT2D eigenvalue weighted by Gasteiger charge is -2.30. The van der Waals surface area contributed by atoms with Crippen LogP contribution < -0.4 is 5.32 Å². The lowest BCUT2D eigenvalue weighted by Crippen LogP contribution is -2.32. The van der Waals surface area contributed by atoms with Gasteiger partial charge < -0.3 is 5.32 Å². The van der Waals surface area contributed by atoms with Crippen LogP contribution in [0.4, 0.5) is 0 Å². The second-order valence-corrected chi connectivity index (χ2v) is 3.96. The second kappa shape index (κ2) is 3.93. The third kappa shape index (κ3) is 1.92. The van der Waals surface area contributed by atoms with Gasteiger partial charge in [0.2, 0.25) is 0 Å². The van der Waals surface area contributed by atoms with Crippen LogP contribution >= 0.6 is 0 Å². The van der Waals surface area contributed by atoms with Crippen LogP contribution in [0.3, 0.4) is 0 Å². The molecular formula is C12H17N. The number of rotatable bonds is 1. The lowest BCUT2D eigenvalue weighted by atomic mass is 9.88. The minimum Gasteiger partial charge on any atom is -0.310 e. The Balaban J connectivity index is 2.15. The van der Waals surface area contributed by atoms with Crippen molar-refractivity contribution in [3.05, 3.63) is 35.9 Å². The Hall–Kier alpha value is -0.820. The van der Waals surface area contributed by atoms with Gasteiger partial charge in [-0.05, 0) is 30.9 Å². The quantitative estimate of drug-likeness (QED) is 0.692. The molecule has 0 spiro atoms. The first-order valence-electron chi connectivity index (χ1n) is 5.16. The van der Waals surface area contributed by atoms with Crippen LogP contribution in [0.5, 0.6) is 0 Å². The van der Waals surface area contributed by atoms with Crippen LogP contribution in [0, 0.1) is 5.92 Å². The van der Waals surface area contributed by atoms with Crippen LogP contribution in [0.2, 0.25) is 0 Å². The fourth-order valence-corrected chi connectivity index (χ4v) is 2.16. The maximum absolute atomic E-state index is 3.59. The topological polar surface area (TPSA) is 12.0 Å². The summed E-state index contributed by atoms with van der Waals surface area (Å²) in [5, 5.41) is 3.59. The molecule has 1 N–H and O–H groups in total. The summed E-state index contributed by atoms with van der Waals surface area (Å²) >= 11 is 0. The first kappa shape index (κ1) is 8.76. The molecule has 1 saturated heterocycles. The SMILES string of the molecule is C[C@@H]1CCCN[C@@H]1c1ccccc1. The third-order valence-corrected chi connectivity index (χ3v) is 2.93. The molecule has 0 unspecified atom stereocenters. The van der Waals surface area contributed by atoms with Crippen molar-refractivity contribution in [2.45, 2.75) is 25.8 Å².